The molecule has 7 heteroatoms. The summed E-state index contributed by atoms with van der Waals surface area (Å²) in [6.07, 6.45) is 0. The first-order valence-electron chi connectivity index (χ1n) is 9.66. The van der Waals surface area contributed by atoms with Crippen LogP contribution in [0.5, 0.6) is 11.6 Å². The van der Waals surface area contributed by atoms with Crippen molar-refractivity contribution in [1.82, 2.24) is 4.98 Å². The van der Waals surface area contributed by atoms with Crippen LogP contribution in [0.4, 0.5) is 5.69 Å². The van der Waals surface area contributed by atoms with Crippen molar-refractivity contribution in [3.63, 3.8) is 0 Å². The second kappa shape index (κ2) is 8.73. The molecule has 6 nitrogen and oxygen atoms in total. The number of nitrogens with one attached hydrogen (secondary N) is 1. The molecular formula is C24H20BrN3O3. The predicted octanol–water partition coefficient (Wildman–Crippen LogP) is 6.76. The van der Waals surface area contributed by atoms with Crippen LogP contribution < -0.4 is 4.74 Å². The van der Waals surface area contributed by atoms with Gasteiger partial charge in [-0.25, -0.2) is 0 Å². The van der Waals surface area contributed by atoms with Gasteiger partial charge in [0, 0.05) is 15.4 Å². The molecule has 0 aliphatic heterocycles. The summed E-state index contributed by atoms with van der Waals surface area (Å²) in [6.45, 7) is 4.33. The van der Waals surface area contributed by atoms with E-state index in [-0.39, 0.29) is 11.6 Å². The SMILES string of the molecule is Cc1cc(C)c2[nH]c(O)c(N=NC(=O)c3ccc(OCc4ccc(Br)cc4)cc3)c2c1. The molecule has 0 bridgehead atoms. The molecule has 0 aliphatic carbocycles. The lowest BCUT2D eigenvalue weighted by Crippen LogP contribution is -1.97. The van der Waals surface area contributed by atoms with E-state index < -0.39 is 5.91 Å². The first-order valence-corrected chi connectivity index (χ1v) is 10.5. The highest BCUT2D eigenvalue weighted by Gasteiger charge is 2.14. The molecule has 1 heterocycles. The van der Waals surface area contributed by atoms with Crippen molar-refractivity contribution in [3.8, 4) is 11.6 Å². The van der Waals surface area contributed by atoms with Gasteiger partial charge in [-0.2, -0.15) is 0 Å². The van der Waals surface area contributed by atoms with E-state index in [1.54, 1.807) is 24.3 Å². The third kappa shape index (κ3) is 4.67. The zero-order chi connectivity index (χ0) is 22.0. The van der Waals surface area contributed by atoms with E-state index in [9.17, 15) is 9.90 Å². The Kier molecular flexibility index (Phi) is 5.86. The minimum atomic E-state index is -0.502. The Morgan fingerprint density at radius 3 is 2.48 bits per heavy atom. The third-order valence-corrected chi connectivity index (χ3v) is 5.39. The van der Waals surface area contributed by atoms with Crippen molar-refractivity contribution in [2.24, 2.45) is 10.2 Å². The molecule has 2 N–H and O–H groups in total. The average molecular weight is 478 g/mol. The van der Waals surface area contributed by atoms with Crippen LogP contribution in [0.15, 0.2) is 75.4 Å². The fraction of sp³-hybridized carbons (Fsp3) is 0.125. The number of benzene rings is 3. The van der Waals surface area contributed by atoms with Gasteiger partial charge in [0.2, 0.25) is 5.88 Å². The van der Waals surface area contributed by atoms with Crippen LogP contribution in [0.2, 0.25) is 0 Å². The van der Waals surface area contributed by atoms with Gasteiger partial charge in [0.05, 0.1) is 5.52 Å². The maximum atomic E-state index is 12.4. The molecule has 0 saturated heterocycles. The van der Waals surface area contributed by atoms with Crippen LogP contribution in [-0.4, -0.2) is 16.0 Å². The van der Waals surface area contributed by atoms with Crippen molar-refractivity contribution in [2.45, 2.75) is 20.5 Å². The van der Waals surface area contributed by atoms with E-state index in [0.717, 1.165) is 32.1 Å². The Hall–Kier alpha value is -3.45. The van der Waals surface area contributed by atoms with Gasteiger partial charge in [0.15, 0.2) is 5.69 Å². The summed E-state index contributed by atoms with van der Waals surface area (Å²) in [4.78, 5) is 15.3. The summed E-state index contributed by atoms with van der Waals surface area (Å²) < 4.78 is 6.77. The van der Waals surface area contributed by atoms with Crippen LogP contribution >= 0.6 is 15.9 Å². The van der Waals surface area contributed by atoms with Gasteiger partial charge < -0.3 is 14.8 Å². The quantitative estimate of drug-likeness (QED) is 0.311. The summed E-state index contributed by atoms with van der Waals surface area (Å²) in [6, 6.07) is 18.5. The Balaban J connectivity index is 1.46. The standard InChI is InChI=1S/C24H20BrN3O3/c1-14-11-15(2)21-20(12-14)22(24(30)26-21)27-28-23(29)17-5-9-19(10-6-17)31-13-16-3-7-18(25)8-4-16/h3-12,26,30H,13H2,1-2H3. The lowest BCUT2D eigenvalue weighted by atomic mass is 10.1. The molecule has 0 atom stereocenters. The normalized spacial score (nSPS) is 11.3. The summed E-state index contributed by atoms with van der Waals surface area (Å²) in [5, 5.41) is 18.7. The Morgan fingerprint density at radius 2 is 1.77 bits per heavy atom. The van der Waals surface area contributed by atoms with Gasteiger partial charge >= 0.3 is 0 Å². The summed E-state index contributed by atoms with van der Waals surface area (Å²) in [5.74, 6) is 0.0335. The number of azo groups is 1. The molecule has 4 aromatic rings. The molecule has 0 saturated carbocycles. The second-order valence-corrected chi connectivity index (χ2v) is 8.19. The highest BCUT2D eigenvalue weighted by atomic mass is 79.9. The fourth-order valence-corrected chi connectivity index (χ4v) is 3.59. The van der Waals surface area contributed by atoms with E-state index in [1.807, 2.05) is 50.2 Å². The number of nitrogens with zero attached hydrogens (tertiary/aromatic N) is 2. The van der Waals surface area contributed by atoms with Crippen molar-refractivity contribution in [3.05, 3.63) is 87.4 Å². The van der Waals surface area contributed by atoms with Crippen molar-refractivity contribution in [1.29, 1.82) is 0 Å². The molecule has 0 radical (unpaired) electrons. The van der Waals surface area contributed by atoms with Gasteiger partial charge in [-0.15, -0.1) is 10.2 Å². The zero-order valence-electron chi connectivity index (χ0n) is 17.0. The van der Waals surface area contributed by atoms with Gasteiger partial charge in [0.1, 0.15) is 12.4 Å². The molecule has 156 valence electrons. The minimum absolute atomic E-state index is 0.114. The predicted molar refractivity (Wildman–Crippen MR) is 123 cm³/mol. The van der Waals surface area contributed by atoms with Gasteiger partial charge in [-0.1, -0.05) is 39.7 Å². The largest absolute Gasteiger partial charge is 0.493 e. The maximum absolute atomic E-state index is 12.4. The highest BCUT2D eigenvalue weighted by molar-refractivity contribution is 9.10. The molecule has 4 rings (SSSR count). The molecular weight excluding hydrogens is 458 g/mol. The number of rotatable bonds is 5. The topological polar surface area (TPSA) is 87.0 Å². The van der Waals surface area contributed by atoms with Crippen molar-refractivity contribution < 1.29 is 14.6 Å². The first-order chi connectivity index (χ1) is 14.9. The summed E-state index contributed by atoms with van der Waals surface area (Å²) in [7, 11) is 0. The number of ether oxygens (including phenoxy) is 1. The van der Waals surface area contributed by atoms with E-state index in [2.05, 4.69) is 31.1 Å². The Labute approximate surface area is 187 Å². The van der Waals surface area contributed by atoms with Crippen molar-refractivity contribution in [2.75, 3.05) is 0 Å². The third-order valence-electron chi connectivity index (χ3n) is 4.86. The molecule has 31 heavy (non-hydrogen) atoms. The minimum Gasteiger partial charge on any atom is -0.493 e. The van der Waals surface area contributed by atoms with E-state index >= 15 is 0 Å². The number of aromatic nitrogens is 1. The number of aryl methyl sites for hydroxylation is 2. The maximum Gasteiger partial charge on any atom is 0.295 e. The van der Waals surface area contributed by atoms with Gasteiger partial charge in [0.25, 0.3) is 5.91 Å². The average Bonchev–Trinajstić information content (AvgIpc) is 3.07. The van der Waals surface area contributed by atoms with Crippen LogP contribution in [0.1, 0.15) is 27.0 Å². The summed E-state index contributed by atoms with van der Waals surface area (Å²) in [5.41, 5.74) is 4.47. The molecule has 0 fully saturated rings. The smallest absolute Gasteiger partial charge is 0.295 e. The zero-order valence-corrected chi connectivity index (χ0v) is 18.6. The number of halogens is 1. The number of H-pyrrole nitrogens is 1. The number of carbonyl (C=O) groups excluding carboxylic acids is 1. The lowest BCUT2D eigenvalue weighted by Gasteiger charge is -2.06. The van der Waals surface area contributed by atoms with E-state index in [1.165, 1.54) is 0 Å². The number of fused-ring (bicyclic) bond motifs is 1. The van der Waals surface area contributed by atoms with Crippen LogP contribution in [0.25, 0.3) is 10.9 Å². The second-order valence-electron chi connectivity index (χ2n) is 7.27. The van der Waals surface area contributed by atoms with E-state index in [4.69, 9.17) is 4.74 Å². The number of aromatic amines is 1. The lowest BCUT2D eigenvalue weighted by molar-refractivity contribution is 0.0995. The summed E-state index contributed by atoms with van der Waals surface area (Å²) >= 11 is 3.41. The van der Waals surface area contributed by atoms with Crippen LogP contribution in [0, 0.1) is 13.8 Å². The highest BCUT2D eigenvalue weighted by Crippen LogP contribution is 2.37. The number of aromatic hydroxyl groups is 1. The number of hydrogen-bond donors (Lipinski definition) is 2. The van der Waals surface area contributed by atoms with Gasteiger partial charge in [-0.05, 0) is 67.4 Å². The number of carbonyl (C=O) groups is 1. The fourth-order valence-electron chi connectivity index (χ4n) is 3.32. The van der Waals surface area contributed by atoms with Crippen LogP contribution in [-0.2, 0) is 6.61 Å². The Bertz CT molecular complexity index is 1280. The van der Waals surface area contributed by atoms with Crippen LogP contribution in [0.3, 0.4) is 0 Å². The number of amides is 1. The number of hydrogen-bond acceptors (Lipinski definition) is 4. The first kappa shape index (κ1) is 20.8. The van der Waals surface area contributed by atoms with Gasteiger partial charge in [-0.3, -0.25) is 4.79 Å². The molecule has 0 aliphatic rings. The molecule has 3 aromatic carbocycles. The molecule has 1 amide bonds. The van der Waals surface area contributed by atoms with E-state index in [0.29, 0.717) is 17.9 Å². The molecule has 0 spiro atoms. The monoisotopic (exact) mass is 477 g/mol. The molecule has 0 unspecified atom stereocenters. The molecule has 1 aromatic heterocycles. The Morgan fingerprint density at radius 1 is 1.06 bits per heavy atom. The van der Waals surface area contributed by atoms with Crippen molar-refractivity contribution >= 4 is 38.4 Å².